The molecule has 0 bridgehead atoms. The first kappa shape index (κ1) is 22.4. The second kappa shape index (κ2) is 9.25. The highest BCUT2D eigenvalue weighted by atomic mass is 32.2. The van der Waals surface area contributed by atoms with E-state index in [9.17, 15) is 13.2 Å². The number of carbonyl (C=O) groups excluding carboxylic acids is 1. The average Bonchev–Trinajstić information content (AvgIpc) is 2.72. The highest BCUT2D eigenvalue weighted by molar-refractivity contribution is 7.90. The number of ether oxygens (including phenoxy) is 3. The van der Waals surface area contributed by atoms with Crippen molar-refractivity contribution in [3.8, 4) is 17.2 Å². The Hall–Kier alpha value is -3.27. The Morgan fingerprint density at radius 3 is 2.35 bits per heavy atom. The van der Waals surface area contributed by atoms with Gasteiger partial charge in [0.2, 0.25) is 11.7 Å². The van der Waals surface area contributed by atoms with E-state index in [4.69, 9.17) is 14.2 Å². The lowest BCUT2D eigenvalue weighted by Crippen LogP contribution is -2.25. The van der Waals surface area contributed by atoms with Crippen molar-refractivity contribution in [2.45, 2.75) is 24.7 Å². The Labute approximate surface area is 181 Å². The van der Waals surface area contributed by atoms with Crippen LogP contribution in [0.3, 0.4) is 0 Å². The van der Waals surface area contributed by atoms with Crippen LogP contribution in [-0.2, 0) is 14.8 Å². The van der Waals surface area contributed by atoms with Gasteiger partial charge in [-0.1, -0.05) is 19.1 Å². The van der Waals surface area contributed by atoms with Crippen LogP contribution in [0.2, 0.25) is 0 Å². The normalized spacial score (nSPS) is 15.0. The smallest absolute Gasteiger partial charge is 0.286 e. The molecule has 0 saturated heterocycles. The number of hydrogen-bond donors (Lipinski definition) is 2. The van der Waals surface area contributed by atoms with Crippen molar-refractivity contribution in [2.75, 3.05) is 32.0 Å². The average molecular weight is 448 g/mol. The van der Waals surface area contributed by atoms with E-state index in [1.807, 2.05) is 6.92 Å². The third-order valence-electron chi connectivity index (χ3n) is 4.70. The largest absolute Gasteiger partial charge is 0.493 e. The molecule has 3 rings (SSSR count). The second-order valence-electron chi connectivity index (χ2n) is 7.11. The summed E-state index contributed by atoms with van der Waals surface area (Å²) in [6.45, 7) is 1.85. The second-order valence-corrected chi connectivity index (χ2v) is 8.68. The quantitative estimate of drug-likeness (QED) is 0.638. The Balaban J connectivity index is 1.66. The Morgan fingerprint density at radius 1 is 1.10 bits per heavy atom. The summed E-state index contributed by atoms with van der Waals surface area (Å²) < 4.78 is 44.4. The highest BCUT2D eigenvalue weighted by Crippen LogP contribution is 2.40. The fourth-order valence-corrected chi connectivity index (χ4v) is 4.50. The number of nitrogens with zero attached hydrogens (tertiary/aromatic N) is 1. The van der Waals surface area contributed by atoms with E-state index in [0.717, 1.165) is 0 Å². The van der Waals surface area contributed by atoms with Crippen molar-refractivity contribution < 1.29 is 27.4 Å². The fraction of sp³-hybridized carbons (Fsp3) is 0.333. The molecule has 0 spiro atoms. The van der Waals surface area contributed by atoms with E-state index < -0.39 is 10.0 Å². The monoisotopic (exact) mass is 447 g/mol. The summed E-state index contributed by atoms with van der Waals surface area (Å²) in [7, 11) is 0.740. The molecule has 166 valence electrons. The Kier molecular flexibility index (Phi) is 6.69. The van der Waals surface area contributed by atoms with Gasteiger partial charge in [-0.3, -0.25) is 4.79 Å². The van der Waals surface area contributed by atoms with Crippen LogP contribution in [-0.4, -0.2) is 41.5 Å². The molecule has 0 unspecified atom stereocenters. The van der Waals surface area contributed by atoms with Crippen molar-refractivity contribution in [2.24, 2.45) is 10.3 Å². The van der Waals surface area contributed by atoms with Gasteiger partial charge < -0.3 is 24.8 Å². The van der Waals surface area contributed by atoms with Gasteiger partial charge in [0.05, 0.1) is 27.0 Å². The van der Waals surface area contributed by atoms with Crippen LogP contribution < -0.4 is 24.8 Å². The molecule has 9 nitrogen and oxygen atoms in total. The molecular formula is C21H25N3O6S. The summed E-state index contributed by atoms with van der Waals surface area (Å²) in [5, 5.41) is 5.85. The van der Waals surface area contributed by atoms with Gasteiger partial charge in [-0.2, -0.15) is 8.42 Å². The van der Waals surface area contributed by atoms with E-state index >= 15 is 0 Å². The number of para-hydroxylation sites is 1. The zero-order valence-corrected chi connectivity index (χ0v) is 18.6. The number of nitrogens with one attached hydrogen (secondary N) is 2. The van der Waals surface area contributed by atoms with E-state index in [0.29, 0.717) is 40.9 Å². The SMILES string of the molecule is COc1cc(NC(=O)C[C@H](C)CC2=NS(=O)(=O)c3ccccc3N2)cc(OC)c1OC. The minimum atomic E-state index is -3.75. The first-order chi connectivity index (χ1) is 14.8. The summed E-state index contributed by atoms with van der Waals surface area (Å²) >= 11 is 0. The van der Waals surface area contributed by atoms with E-state index in [2.05, 4.69) is 15.0 Å². The molecule has 0 fully saturated rings. The topological polar surface area (TPSA) is 115 Å². The molecule has 0 saturated carbocycles. The number of rotatable bonds is 8. The molecule has 0 aliphatic carbocycles. The lowest BCUT2D eigenvalue weighted by atomic mass is 10.0. The Bertz CT molecular complexity index is 1090. The molecule has 2 N–H and O–H groups in total. The number of methoxy groups -OCH3 is 3. The predicted molar refractivity (Wildman–Crippen MR) is 118 cm³/mol. The van der Waals surface area contributed by atoms with E-state index in [-0.39, 0.29) is 23.1 Å². The van der Waals surface area contributed by atoms with Crippen molar-refractivity contribution in [3.05, 3.63) is 36.4 Å². The Morgan fingerprint density at radius 2 is 1.74 bits per heavy atom. The standard InChI is InChI=1S/C21H25N3O6S/c1-13(9-19-23-15-7-5-6-8-18(15)31(26,27)24-19)10-20(25)22-14-11-16(28-2)21(30-4)17(12-14)29-3/h5-8,11-13H,9-10H2,1-4H3,(H,22,25)(H,23,24)/t13-/m1/s1. The molecule has 1 aliphatic rings. The number of carbonyl (C=O) groups is 1. The van der Waals surface area contributed by atoms with E-state index in [1.165, 1.54) is 27.4 Å². The van der Waals surface area contributed by atoms with Gasteiger partial charge in [0, 0.05) is 30.7 Å². The van der Waals surface area contributed by atoms with Crippen LogP contribution in [0.15, 0.2) is 45.7 Å². The number of sulfonamides is 1. The van der Waals surface area contributed by atoms with Gasteiger partial charge in [0.15, 0.2) is 11.5 Å². The van der Waals surface area contributed by atoms with Crippen LogP contribution in [0.5, 0.6) is 17.2 Å². The van der Waals surface area contributed by atoms with E-state index in [1.54, 1.807) is 30.3 Å². The summed E-state index contributed by atoms with van der Waals surface area (Å²) in [6, 6.07) is 9.86. The predicted octanol–water partition coefficient (Wildman–Crippen LogP) is 3.28. The van der Waals surface area contributed by atoms with Gasteiger partial charge in [0.1, 0.15) is 10.7 Å². The lowest BCUT2D eigenvalue weighted by Gasteiger charge is -2.20. The summed E-state index contributed by atoms with van der Waals surface area (Å²) in [5.41, 5.74) is 0.984. The van der Waals surface area contributed by atoms with Crippen LogP contribution in [0, 0.1) is 5.92 Å². The number of anilines is 2. The van der Waals surface area contributed by atoms with Crippen molar-refractivity contribution >= 4 is 33.1 Å². The molecule has 10 heteroatoms. The molecule has 2 aromatic rings. The minimum absolute atomic E-state index is 0.145. The van der Waals surface area contributed by atoms with Gasteiger partial charge in [-0.15, -0.1) is 4.40 Å². The van der Waals surface area contributed by atoms with Gasteiger partial charge in [0.25, 0.3) is 10.0 Å². The van der Waals surface area contributed by atoms with Gasteiger partial charge >= 0.3 is 0 Å². The van der Waals surface area contributed by atoms with Crippen molar-refractivity contribution in [3.63, 3.8) is 0 Å². The molecule has 0 aromatic heterocycles. The molecule has 1 aliphatic heterocycles. The molecule has 1 atom stereocenters. The fourth-order valence-electron chi connectivity index (χ4n) is 3.34. The molecule has 1 heterocycles. The van der Waals surface area contributed by atoms with Crippen LogP contribution in [0.1, 0.15) is 19.8 Å². The number of amides is 1. The molecule has 31 heavy (non-hydrogen) atoms. The zero-order valence-electron chi connectivity index (χ0n) is 17.8. The summed E-state index contributed by atoms with van der Waals surface area (Å²) in [5.74, 6) is 1.20. The number of amidine groups is 1. The number of hydrogen-bond acceptors (Lipinski definition) is 7. The van der Waals surface area contributed by atoms with Crippen LogP contribution >= 0.6 is 0 Å². The third-order valence-corrected chi connectivity index (χ3v) is 6.07. The molecule has 1 amide bonds. The number of fused-ring (bicyclic) bond motifs is 1. The molecular weight excluding hydrogens is 422 g/mol. The first-order valence-electron chi connectivity index (χ1n) is 9.57. The lowest BCUT2D eigenvalue weighted by molar-refractivity contribution is -0.116. The first-order valence-corrected chi connectivity index (χ1v) is 11.0. The molecule has 2 aromatic carbocycles. The third kappa shape index (κ3) is 5.08. The number of benzene rings is 2. The maximum absolute atomic E-state index is 12.5. The van der Waals surface area contributed by atoms with Gasteiger partial charge in [-0.25, -0.2) is 0 Å². The maximum atomic E-state index is 12.5. The van der Waals surface area contributed by atoms with Crippen LogP contribution in [0.4, 0.5) is 11.4 Å². The summed E-state index contributed by atoms with van der Waals surface area (Å²) in [4.78, 5) is 12.7. The highest BCUT2D eigenvalue weighted by Gasteiger charge is 2.25. The van der Waals surface area contributed by atoms with Gasteiger partial charge in [-0.05, 0) is 18.1 Å². The van der Waals surface area contributed by atoms with Crippen molar-refractivity contribution in [1.82, 2.24) is 0 Å². The van der Waals surface area contributed by atoms with Crippen LogP contribution in [0.25, 0.3) is 0 Å². The summed E-state index contributed by atoms with van der Waals surface area (Å²) in [6.07, 6.45) is 0.468. The molecule has 0 radical (unpaired) electrons. The minimum Gasteiger partial charge on any atom is -0.493 e. The zero-order chi connectivity index (χ0) is 22.6. The maximum Gasteiger partial charge on any atom is 0.286 e. The van der Waals surface area contributed by atoms with Crippen molar-refractivity contribution in [1.29, 1.82) is 0 Å².